The molecule has 0 bridgehead atoms. The van der Waals surface area contributed by atoms with Gasteiger partial charge in [-0.3, -0.25) is 9.59 Å². The second-order valence-electron chi connectivity index (χ2n) is 5.90. The highest BCUT2D eigenvalue weighted by atomic mass is 19.1. The summed E-state index contributed by atoms with van der Waals surface area (Å²) in [6.07, 6.45) is 1.02. The molecule has 1 aliphatic heterocycles. The number of anilines is 2. The fraction of sp³-hybridized carbons (Fsp3) is 0.263. The Labute approximate surface area is 140 Å². The van der Waals surface area contributed by atoms with Crippen LogP contribution in [0.4, 0.5) is 15.8 Å². The summed E-state index contributed by atoms with van der Waals surface area (Å²) >= 11 is 0. The highest BCUT2D eigenvalue weighted by Crippen LogP contribution is 2.28. The van der Waals surface area contributed by atoms with Crippen LogP contribution in [0.2, 0.25) is 0 Å². The average molecular weight is 326 g/mol. The van der Waals surface area contributed by atoms with E-state index in [-0.39, 0.29) is 30.5 Å². The molecule has 3 rings (SSSR count). The van der Waals surface area contributed by atoms with Crippen molar-refractivity contribution in [2.75, 3.05) is 16.8 Å². The van der Waals surface area contributed by atoms with Gasteiger partial charge in [0.05, 0.1) is 11.6 Å². The number of aryl methyl sites for hydroxylation is 1. The molecule has 1 saturated heterocycles. The lowest BCUT2D eigenvalue weighted by molar-refractivity contribution is -0.122. The van der Waals surface area contributed by atoms with E-state index in [1.807, 2.05) is 24.3 Å². The zero-order chi connectivity index (χ0) is 17.1. The molecule has 2 aromatic carbocycles. The summed E-state index contributed by atoms with van der Waals surface area (Å²) in [7, 11) is 0. The number of nitrogens with zero attached hydrogens (tertiary/aromatic N) is 1. The first-order valence-corrected chi connectivity index (χ1v) is 8.03. The fourth-order valence-electron chi connectivity index (χ4n) is 2.85. The van der Waals surface area contributed by atoms with Crippen molar-refractivity contribution < 1.29 is 14.0 Å². The number of hydrogen-bond acceptors (Lipinski definition) is 2. The summed E-state index contributed by atoms with van der Waals surface area (Å²) in [6.45, 7) is 2.26. The minimum atomic E-state index is -0.483. The molecular weight excluding hydrogens is 307 g/mol. The third kappa shape index (κ3) is 3.30. The van der Waals surface area contributed by atoms with Crippen LogP contribution in [0.15, 0.2) is 48.5 Å². The maximum atomic E-state index is 13.9. The molecule has 0 unspecified atom stereocenters. The second kappa shape index (κ2) is 6.83. The van der Waals surface area contributed by atoms with Gasteiger partial charge in [-0.15, -0.1) is 0 Å². The third-order valence-corrected chi connectivity index (χ3v) is 4.27. The second-order valence-corrected chi connectivity index (χ2v) is 5.90. The van der Waals surface area contributed by atoms with Gasteiger partial charge in [0.2, 0.25) is 11.8 Å². The average Bonchev–Trinajstić information content (AvgIpc) is 2.98. The van der Waals surface area contributed by atoms with Gasteiger partial charge < -0.3 is 10.2 Å². The lowest BCUT2D eigenvalue weighted by Gasteiger charge is -2.17. The Kier molecular flexibility index (Phi) is 4.60. The highest BCUT2D eigenvalue weighted by Gasteiger charge is 2.36. The predicted octanol–water partition coefficient (Wildman–Crippen LogP) is 3.38. The molecule has 5 heteroatoms. The van der Waals surface area contributed by atoms with Crippen molar-refractivity contribution in [1.29, 1.82) is 0 Å². The van der Waals surface area contributed by atoms with Crippen molar-refractivity contribution >= 4 is 23.2 Å². The molecule has 2 aromatic rings. The van der Waals surface area contributed by atoms with Crippen LogP contribution in [0.1, 0.15) is 18.9 Å². The number of amides is 2. The molecule has 0 aromatic heterocycles. The Morgan fingerprint density at radius 1 is 1.21 bits per heavy atom. The number of hydrogen-bond donors (Lipinski definition) is 1. The molecule has 24 heavy (non-hydrogen) atoms. The Morgan fingerprint density at radius 3 is 2.58 bits per heavy atom. The van der Waals surface area contributed by atoms with Crippen molar-refractivity contribution in [2.45, 2.75) is 19.8 Å². The Balaban J connectivity index is 1.68. The number of benzene rings is 2. The highest BCUT2D eigenvalue weighted by molar-refractivity contribution is 6.03. The molecule has 0 saturated carbocycles. The summed E-state index contributed by atoms with van der Waals surface area (Å²) in [6, 6.07) is 13.7. The standard InChI is InChI=1S/C19H19FN2O2/c1-2-13-7-9-15(10-8-13)21-19(24)14-11-18(23)22(12-14)17-6-4-3-5-16(17)20/h3-10,14H,2,11-12H2,1H3,(H,21,24)/t14-/m1/s1. The van der Waals surface area contributed by atoms with Gasteiger partial charge in [0.1, 0.15) is 5.82 Å². The van der Waals surface area contributed by atoms with Crippen LogP contribution >= 0.6 is 0 Å². The molecule has 0 spiro atoms. The van der Waals surface area contributed by atoms with E-state index in [0.717, 1.165) is 6.42 Å². The van der Waals surface area contributed by atoms with Crippen molar-refractivity contribution in [3.8, 4) is 0 Å². The van der Waals surface area contributed by atoms with Crippen LogP contribution in [-0.2, 0) is 16.0 Å². The third-order valence-electron chi connectivity index (χ3n) is 4.27. The lowest BCUT2D eigenvalue weighted by Crippen LogP contribution is -2.28. The SMILES string of the molecule is CCc1ccc(NC(=O)[C@@H]2CC(=O)N(c3ccccc3F)C2)cc1. The van der Waals surface area contributed by atoms with Crippen LogP contribution in [0.5, 0.6) is 0 Å². The van der Waals surface area contributed by atoms with Crippen LogP contribution in [0, 0.1) is 11.7 Å². The lowest BCUT2D eigenvalue weighted by atomic mass is 10.1. The van der Waals surface area contributed by atoms with E-state index in [1.54, 1.807) is 18.2 Å². The van der Waals surface area contributed by atoms with E-state index in [1.165, 1.54) is 16.5 Å². The van der Waals surface area contributed by atoms with Crippen molar-refractivity contribution in [1.82, 2.24) is 0 Å². The Hall–Kier alpha value is -2.69. The molecular formula is C19H19FN2O2. The van der Waals surface area contributed by atoms with E-state index >= 15 is 0 Å². The first-order chi connectivity index (χ1) is 11.6. The smallest absolute Gasteiger partial charge is 0.229 e. The van der Waals surface area contributed by atoms with Gasteiger partial charge in [-0.2, -0.15) is 0 Å². The van der Waals surface area contributed by atoms with E-state index < -0.39 is 11.7 Å². The van der Waals surface area contributed by atoms with Gasteiger partial charge in [0.15, 0.2) is 0 Å². The van der Waals surface area contributed by atoms with Gasteiger partial charge in [0.25, 0.3) is 0 Å². The Morgan fingerprint density at radius 2 is 1.92 bits per heavy atom. The number of carbonyl (C=O) groups excluding carboxylic acids is 2. The van der Waals surface area contributed by atoms with Crippen LogP contribution in [-0.4, -0.2) is 18.4 Å². The van der Waals surface area contributed by atoms with Crippen LogP contribution in [0.3, 0.4) is 0 Å². The van der Waals surface area contributed by atoms with Gasteiger partial charge in [0, 0.05) is 18.7 Å². The molecule has 2 amide bonds. The van der Waals surface area contributed by atoms with Gasteiger partial charge in [-0.05, 0) is 36.2 Å². The number of halogens is 1. The first kappa shape index (κ1) is 16.2. The molecule has 1 atom stereocenters. The monoisotopic (exact) mass is 326 g/mol. The molecule has 1 heterocycles. The summed E-state index contributed by atoms with van der Waals surface area (Å²) in [5.74, 6) is -1.39. The van der Waals surface area contributed by atoms with Gasteiger partial charge >= 0.3 is 0 Å². The van der Waals surface area contributed by atoms with E-state index in [9.17, 15) is 14.0 Å². The molecule has 124 valence electrons. The minimum absolute atomic E-state index is 0.0905. The molecule has 1 aliphatic rings. The quantitative estimate of drug-likeness (QED) is 0.936. The fourth-order valence-corrected chi connectivity index (χ4v) is 2.85. The Bertz CT molecular complexity index is 758. The van der Waals surface area contributed by atoms with E-state index in [0.29, 0.717) is 5.69 Å². The van der Waals surface area contributed by atoms with E-state index in [4.69, 9.17) is 0 Å². The maximum Gasteiger partial charge on any atom is 0.229 e. The first-order valence-electron chi connectivity index (χ1n) is 8.03. The van der Waals surface area contributed by atoms with Gasteiger partial charge in [-0.25, -0.2) is 4.39 Å². The number of nitrogens with one attached hydrogen (secondary N) is 1. The minimum Gasteiger partial charge on any atom is -0.326 e. The van der Waals surface area contributed by atoms with Crippen molar-refractivity contribution in [3.63, 3.8) is 0 Å². The molecule has 1 fully saturated rings. The topological polar surface area (TPSA) is 49.4 Å². The van der Waals surface area contributed by atoms with Crippen molar-refractivity contribution in [3.05, 3.63) is 59.9 Å². The predicted molar refractivity (Wildman–Crippen MR) is 91.3 cm³/mol. The largest absolute Gasteiger partial charge is 0.326 e. The number of para-hydroxylation sites is 1. The van der Waals surface area contributed by atoms with Crippen molar-refractivity contribution in [2.24, 2.45) is 5.92 Å². The normalized spacial score (nSPS) is 17.2. The number of carbonyl (C=O) groups is 2. The maximum absolute atomic E-state index is 13.9. The van der Waals surface area contributed by atoms with Crippen LogP contribution < -0.4 is 10.2 Å². The molecule has 1 N–H and O–H groups in total. The van der Waals surface area contributed by atoms with Gasteiger partial charge in [-0.1, -0.05) is 31.2 Å². The molecule has 4 nitrogen and oxygen atoms in total. The summed E-state index contributed by atoms with van der Waals surface area (Å²) in [5.41, 5.74) is 2.12. The van der Waals surface area contributed by atoms with Crippen LogP contribution in [0.25, 0.3) is 0 Å². The summed E-state index contributed by atoms with van der Waals surface area (Å²) < 4.78 is 13.9. The summed E-state index contributed by atoms with van der Waals surface area (Å²) in [4.78, 5) is 25.9. The molecule has 0 aliphatic carbocycles. The summed E-state index contributed by atoms with van der Waals surface area (Å²) in [5, 5.41) is 2.83. The zero-order valence-electron chi connectivity index (χ0n) is 13.5. The number of rotatable bonds is 4. The zero-order valence-corrected chi connectivity index (χ0v) is 13.5. The molecule has 0 radical (unpaired) electrons. The van der Waals surface area contributed by atoms with E-state index in [2.05, 4.69) is 12.2 Å².